The van der Waals surface area contributed by atoms with Crippen molar-refractivity contribution in [3.8, 4) is 11.5 Å². The SMILES string of the molecule is CCCOc1ccc(C(=O)Oc2ccc(/C=N/NC(=O)C(=O)Nc3cccc(Cl)c3C)cc2)cc1. The van der Waals surface area contributed by atoms with E-state index in [1.807, 2.05) is 6.92 Å². The van der Waals surface area contributed by atoms with Gasteiger partial charge in [-0.25, -0.2) is 10.2 Å². The van der Waals surface area contributed by atoms with Crippen LogP contribution in [0.4, 0.5) is 5.69 Å². The highest BCUT2D eigenvalue weighted by Gasteiger charge is 2.14. The molecule has 0 atom stereocenters. The van der Waals surface area contributed by atoms with Gasteiger partial charge in [0.05, 0.1) is 18.4 Å². The third-order valence-corrected chi connectivity index (χ3v) is 5.16. The minimum absolute atomic E-state index is 0.346. The Morgan fingerprint density at radius 1 is 0.943 bits per heavy atom. The lowest BCUT2D eigenvalue weighted by Gasteiger charge is -2.08. The number of hydrogen-bond acceptors (Lipinski definition) is 6. The van der Waals surface area contributed by atoms with Crippen LogP contribution in [0.15, 0.2) is 71.8 Å². The van der Waals surface area contributed by atoms with Gasteiger partial charge in [-0.05, 0) is 85.1 Å². The lowest BCUT2D eigenvalue weighted by molar-refractivity contribution is -0.136. The van der Waals surface area contributed by atoms with Crippen molar-refractivity contribution in [3.63, 3.8) is 0 Å². The van der Waals surface area contributed by atoms with Crippen molar-refractivity contribution in [2.24, 2.45) is 5.10 Å². The first kappa shape index (κ1) is 25.5. The zero-order valence-electron chi connectivity index (χ0n) is 19.2. The number of hydrogen-bond donors (Lipinski definition) is 2. The fraction of sp³-hybridized carbons (Fsp3) is 0.154. The molecule has 0 aliphatic heterocycles. The minimum atomic E-state index is -0.933. The van der Waals surface area contributed by atoms with Crippen molar-refractivity contribution >= 4 is 41.3 Å². The van der Waals surface area contributed by atoms with Crippen LogP contribution in [0.3, 0.4) is 0 Å². The van der Waals surface area contributed by atoms with Crippen LogP contribution >= 0.6 is 11.6 Å². The highest BCUT2D eigenvalue weighted by Crippen LogP contribution is 2.22. The van der Waals surface area contributed by atoms with Crippen LogP contribution in [0.2, 0.25) is 5.02 Å². The average molecular weight is 494 g/mol. The molecule has 3 aromatic rings. The van der Waals surface area contributed by atoms with E-state index in [1.165, 1.54) is 6.21 Å². The molecule has 0 bridgehead atoms. The second-order valence-corrected chi connectivity index (χ2v) is 7.80. The van der Waals surface area contributed by atoms with E-state index in [4.69, 9.17) is 21.1 Å². The number of esters is 1. The standard InChI is InChI=1S/C26H24ClN3O5/c1-3-15-34-20-13-9-19(10-14-20)26(33)35-21-11-7-18(8-12-21)16-28-30-25(32)24(31)29-23-6-4-5-22(27)17(23)2/h4-14,16H,3,15H2,1-2H3,(H,29,31)(H,30,32)/b28-16+. The number of nitrogens with one attached hydrogen (secondary N) is 2. The first-order chi connectivity index (χ1) is 16.9. The molecule has 0 fully saturated rings. The van der Waals surface area contributed by atoms with Gasteiger partial charge in [-0.15, -0.1) is 0 Å². The summed E-state index contributed by atoms with van der Waals surface area (Å²) >= 11 is 6.01. The van der Waals surface area contributed by atoms with Crippen molar-refractivity contribution in [1.29, 1.82) is 0 Å². The van der Waals surface area contributed by atoms with Gasteiger partial charge in [0.1, 0.15) is 11.5 Å². The Morgan fingerprint density at radius 3 is 2.31 bits per heavy atom. The Morgan fingerprint density at radius 2 is 1.63 bits per heavy atom. The lowest BCUT2D eigenvalue weighted by Crippen LogP contribution is -2.32. The molecule has 0 radical (unpaired) electrons. The van der Waals surface area contributed by atoms with Gasteiger partial charge in [0.15, 0.2) is 0 Å². The van der Waals surface area contributed by atoms with E-state index in [2.05, 4.69) is 15.8 Å². The molecule has 180 valence electrons. The maximum atomic E-state index is 12.3. The highest BCUT2D eigenvalue weighted by molar-refractivity contribution is 6.40. The molecule has 0 heterocycles. The van der Waals surface area contributed by atoms with E-state index < -0.39 is 17.8 Å². The summed E-state index contributed by atoms with van der Waals surface area (Å²) in [6, 6.07) is 18.2. The Hall–Kier alpha value is -4.17. The molecule has 0 saturated carbocycles. The number of rotatable bonds is 8. The minimum Gasteiger partial charge on any atom is -0.494 e. The molecule has 0 unspecified atom stereocenters. The van der Waals surface area contributed by atoms with Gasteiger partial charge in [-0.1, -0.05) is 24.6 Å². The molecular formula is C26H24ClN3O5. The number of halogens is 1. The van der Waals surface area contributed by atoms with Gasteiger partial charge in [0, 0.05) is 10.7 Å². The van der Waals surface area contributed by atoms with Crippen molar-refractivity contribution in [1.82, 2.24) is 5.43 Å². The maximum Gasteiger partial charge on any atom is 0.343 e. The number of carbonyl (C=O) groups excluding carboxylic acids is 3. The molecule has 0 aliphatic carbocycles. The molecular weight excluding hydrogens is 470 g/mol. The zero-order chi connectivity index (χ0) is 25.2. The number of benzene rings is 3. The van der Waals surface area contributed by atoms with Crippen LogP contribution < -0.4 is 20.2 Å². The molecule has 0 spiro atoms. The smallest absolute Gasteiger partial charge is 0.343 e. The number of anilines is 1. The highest BCUT2D eigenvalue weighted by atomic mass is 35.5. The normalized spacial score (nSPS) is 10.6. The van der Waals surface area contributed by atoms with Crippen molar-refractivity contribution < 1.29 is 23.9 Å². The Labute approximate surface area is 207 Å². The molecule has 0 saturated heterocycles. The molecule has 0 aliphatic rings. The summed E-state index contributed by atoms with van der Waals surface area (Å²) in [5.41, 5.74) is 4.26. The van der Waals surface area contributed by atoms with Gasteiger partial charge < -0.3 is 14.8 Å². The van der Waals surface area contributed by atoms with Crippen molar-refractivity contribution in [3.05, 3.63) is 88.4 Å². The summed E-state index contributed by atoms with van der Waals surface area (Å²) in [5.74, 6) is -1.27. The predicted molar refractivity (Wildman–Crippen MR) is 134 cm³/mol. The third-order valence-electron chi connectivity index (χ3n) is 4.76. The molecule has 35 heavy (non-hydrogen) atoms. The number of hydrazone groups is 1. The number of amides is 2. The van der Waals surface area contributed by atoms with Crippen LogP contribution in [0, 0.1) is 6.92 Å². The van der Waals surface area contributed by atoms with E-state index in [0.717, 1.165) is 6.42 Å². The maximum absolute atomic E-state index is 12.3. The summed E-state index contributed by atoms with van der Waals surface area (Å²) in [6.07, 6.45) is 2.26. The van der Waals surface area contributed by atoms with Crippen LogP contribution in [0.5, 0.6) is 11.5 Å². The van der Waals surface area contributed by atoms with Crippen LogP contribution in [-0.4, -0.2) is 30.6 Å². The van der Waals surface area contributed by atoms with Crippen molar-refractivity contribution in [2.75, 3.05) is 11.9 Å². The van der Waals surface area contributed by atoms with Gasteiger partial charge in [-0.3, -0.25) is 9.59 Å². The van der Waals surface area contributed by atoms with Gasteiger partial charge >= 0.3 is 17.8 Å². The predicted octanol–water partition coefficient (Wildman–Crippen LogP) is 4.75. The molecule has 8 nitrogen and oxygen atoms in total. The van der Waals surface area contributed by atoms with Gasteiger partial charge in [0.25, 0.3) is 0 Å². The largest absolute Gasteiger partial charge is 0.494 e. The fourth-order valence-electron chi connectivity index (χ4n) is 2.83. The number of carbonyl (C=O) groups is 3. The molecule has 3 aromatic carbocycles. The van der Waals surface area contributed by atoms with E-state index in [1.54, 1.807) is 73.7 Å². The van der Waals surface area contributed by atoms with Gasteiger partial charge in [0.2, 0.25) is 0 Å². The van der Waals surface area contributed by atoms with E-state index in [0.29, 0.717) is 45.5 Å². The summed E-state index contributed by atoms with van der Waals surface area (Å²) in [7, 11) is 0. The fourth-order valence-corrected chi connectivity index (χ4v) is 3.01. The first-order valence-corrected chi connectivity index (χ1v) is 11.2. The molecule has 2 N–H and O–H groups in total. The van der Waals surface area contributed by atoms with Crippen LogP contribution in [0.1, 0.15) is 34.8 Å². The topological polar surface area (TPSA) is 106 Å². The van der Waals surface area contributed by atoms with E-state index in [9.17, 15) is 14.4 Å². The summed E-state index contributed by atoms with van der Waals surface area (Å²) < 4.78 is 10.9. The molecule has 0 aromatic heterocycles. The Kier molecular flexibility index (Phi) is 8.97. The Bertz CT molecular complexity index is 1220. The molecule has 9 heteroatoms. The average Bonchev–Trinajstić information content (AvgIpc) is 2.86. The summed E-state index contributed by atoms with van der Waals surface area (Å²) in [4.78, 5) is 36.4. The second-order valence-electron chi connectivity index (χ2n) is 7.40. The monoisotopic (exact) mass is 493 g/mol. The number of nitrogens with zero attached hydrogens (tertiary/aromatic N) is 1. The third kappa shape index (κ3) is 7.41. The van der Waals surface area contributed by atoms with Crippen LogP contribution in [0.25, 0.3) is 0 Å². The second kappa shape index (κ2) is 12.3. The van der Waals surface area contributed by atoms with E-state index in [-0.39, 0.29) is 0 Å². The van der Waals surface area contributed by atoms with Crippen molar-refractivity contribution in [2.45, 2.75) is 20.3 Å². The van der Waals surface area contributed by atoms with Gasteiger partial charge in [-0.2, -0.15) is 5.10 Å². The summed E-state index contributed by atoms with van der Waals surface area (Å²) in [6.45, 7) is 4.36. The molecule has 3 rings (SSSR count). The Balaban J connectivity index is 1.50. The quantitative estimate of drug-likeness (QED) is 0.155. The van der Waals surface area contributed by atoms with E-state index >= 15 is 0 Å². The zero-order valence-corrected chi connectivity index (χ0v) is 20.0. The van der Waals surface area contributed by atoms with Crippen LogP contribution in [-0.2, 0) is 9.59 Å². The summed E-state index contributed by atoms with van der Waals surface area (Å²) in [5, 5.41) is 6.74. The first-order valence-electron chi connectivity index (χ1n) is 10.8. The lowest BCUT2D eigenvalue weighted by atomic mass is 10.2. The molecule has 2 amide bonds. The number of ether oxygens (including phenoxy) is 2.